The first-order chi connectivity index (χ1) is 18.4. The molecule has 0 atom stereocenters. The van der Waals surface area contributed by atoms with Crippen LogP contribution in [-0.4, -0.2) is 55.9 Å². The van der Waals surface area contributed by atoms with E-state index in [2.05, 4.69) is 80.6 Å². The summed E-state index contributed by atoms with van der Waals surface area (Å²) in [6.45, 7) is 5.04. The molecular weight excluding hydrogens is 496 g/mol. The summed E-state index contributed by atoms with van der Waals surface area (Å²) in [4.78, 5) is 9.87. The van der Waals surface area contributed by atoms with Crippen molar-refractivity contribution in [2.24, 2.45) is 5.92 Å². The topological polar surface area (TPSA) is 79.5 Å². The van der Waals surface area contributed by atoms with Gasteiger partial charge in [0.15, 0.2) is 9.84 Å². The van der Waals surface area contributed by atoms with E-state index in [4.69, 9.17) is 4.52 Å². The van der Waals surface area contributed by atoms with Crippen molar-refractivity contribution in [2.75, 3.05) is 37.3 Å². The van der Waals surface area contributed by atoms with Gasteiger partial charge in [-0.1, -0.05) is 53.7 Å². The van der Waals surface area contributed by atoms with Crippen LogP contribution in [0.15, 0.2) is 94.3 Å². The summed E-state index contributed by atoms with van der Waals surface area (Å²) in [7, 11) is -3.23. The Kier molecular flexibility index (Phi) is 8.20. The number of para-hydroxylation sites is 1. The Morgan fingerprint density at radius 3 is 2.24 bits per heavy atom. The van der Waals surface area contributed by atoms with Gasteiger partial charge >= 0.3 is 0 Å². The van der Waals surface area contributed by atoms with E-state index in [0.717, 1.165) is 57.5 Å². The van der Waals surface area contributed by atoms with E-state index in [9.17, 15) is 8.42 Å². The summed E-state index contributed by atoms with van der Waals surface area (Å²) < 4.78 is 28.9. The summed E-state index contributed by atoms with van der Waals surface area (Å²) in [5.74, 6) is 1.65. The number of likely N-dealkylation sites (tertiary alicyclic amines) is 1. The molecule has 1 aromatic heterocycles. The van der Waals surface area contributed by atoms with E-state index in [1.807, 2.05) is 0 Å². The number of piperidine rings is 1. The van der Waals surface area contributed by atoms with E-state index in [0.29, 0.717) is 17.6 Å². The summed E-state index contributed by atoms with van der Waals surface area (Å²) in [5, 5.41) is 4.12. The summed E-state index contributed by atoms with van der Waals surface area (Å²) in [5.41, 5.74) is 3.32. The lowest BCUT2D eigenvalue weighted by Gasteiger charge is -2.34. The molecule has 0 spiro atoms. The van der Waals surface area contributed by atoms with Crippen molar-refractivity contribution in [1.82, 2.24) is 15.0 Å². The van der Waals surface area contributed by atoms with E-state index in [1.54, 1.807) is 24.3 Å². The zero-order valence-electron chi connectivity index (χ0n) is 21.7. The molecule has 0 radical (unpaired) electrons. The van der Waals surface area contributed by atoms with Gasteiger partial charge in [-0.2, -0.15) is 4.98 Å². The molecule has 5 rings (SSSR count). The van der Waals surface area contributed by atoms with Gasteiger partial charge in [-0.3, -0.25) is 0 Å². The average Bonchev–Trinajstić information content (AvgIpc) is 3.41. The number of benzene rings is 3. The second kappa shape index (κ2) is 11.9. The highest BCUT2D eigenvalue weighted by Gasteiger charge is 2.22. The van der Waals surface area contributed by atoms with Crippen LogP contribution >= 0.6 is 0 Å². The Labute approximate surface area is 225 Å². The van der Waals surface area contributed by atoms with Gasteiger partial charge in [-0.25, -0.2) is 8.42 Å². The number of sulfone groups is 1. The van der Waals surface area contributed by atoms with Crippen molar-refractivity contribution >= 4 is 15.5 Å². The maximum atomic E-state index is 11.7. The lowest BCUT2D eigenvalue weighted by atomic mass is 9.93. The van der Waals surface area contributed by atoms with Crippen LogP contribution in [0.5, 0.6) is 0 Å². The lowest BCUT2D eigenvalue weighted by molar-refractivity contribution is 0.180. The SMILES string of the molecule is CS(=O)(=O)c1ccc(-c2noc(CC3CCN(CCN(Cc4ccccc4)c4ccccc4)CC3)n2)cc1. The third-order valence-corrected chi connectivity index (χ3v) is 8.33. The van der Waals surface area contributed by atoms with Crippen molar-refractivity contribution in [1.29, 1.82) is 0 Å². The molecule has 0 aliphatic carbocycles. The Morgan fingerprint density at radius 1 is 0.921 bits per heavy atom. The Bertz CT molecular complexity index is 1400. The molecule has 1 aliphatic rings. The molecule has 0 N–H and O–H groups in total. The van der Waals surface area contributed by atoms with Crippen molar-refractivity contribution in [3.8, 4) is 11.4 Å². The molecule has 198 valence electrons. The first-order valence-electron chi connectivity index (χ1n) is 13.1. The molecule has 1 saturated heterocycles. The van der Waals surface area contributed by atoms with Crippen molar-refractivity contribution in [2.45, 2.75) is 30.7 Å². The first-order valence-corrected chi connectivity index (χ1v) is 15.0. The fraction of sp³-hybridized carbons (Fsp3) is 0.333. The van der Waals surface area contributed by atoms with Gasteiger partial charge in [0.05, 0.1) is 4.90 Å². The van der Waals surface area contributed by atoms with Gasteiger partial charge in [0.25, 0.3) is 0 Å². The summed E-state index contributed by atoms with van der Waals surface area (Å²) in [6, 6.07) is 27.9. The zero-order valence-corrected chi connectivity index (χ0v) is 22.6. The number of anilines is 1. The molecule has 1 aliphatic heterocycles. The van der Waals surface area contributed by atoms with E-state index >= 15 is 0 Å². The summed E-state index contributed by atoms with van der Waals surface area (Å²) >= 11 is 0. The fourth-order valence-electron chi connectivity index (χ4n) is 4.97. The smallest absolute Gasteiger partial charge is 0.227 e. The average molecular weight is 531 g/mol. The molecule has 8 heteroatoms. The third kappa shape index (κ3) is 6.88. The zero-order chi connectivity index (χ0) is 26.4. The van der Waals surface area contributed by atoms with Gasteiger partial charge in [-0.15, -0.1) is 0 Å². The standard InChI is InChI=1S/C30H34N4O3S/c1-38(35,36)28-14-12-26(13-15-28)30-31-29(37-32-30)22-24-16-18-33(19-17-24)20-21-34(27-10-6-3-7-11-27)23-25-8-4-2-5-9-25/h2-15,24H,16-23H2,1H3. The molecular formula is C30H34N4O3S. The maximum absolute atomic E-state index is 11.7. The van der Waals surface area contributed by atoms with Gasteiger partial charge in [0.2, 0.25) is 11.7 Å². The predicted molar refractivity (Wildman–Crippen MR) is 150 cm³/mol. The number of hydrogen-bond donors (Lipinski definition) is 0. The molecule has 0 saturated carbocycles. The second-order valence-corrected chi connectivity index (χ2v) is 12.1. The molecule has 0 amide bonds. The molecule has 7 nitrogen and oxygen atoms in total. The minimum absolute atomic E-state index is 0.281. The van der Waals surface area contributed by atoms with Crippen molar-refractivity contribution < 1.29 is 12.9 Å². The monoisotopic (exact) mass is 530 g/mol. The highest BCUT2D eigenvalue weighted by Crippen LogP contribution is 2.24. The highest BCUT2D eigenvalue weighted by atomic mass is 32.2. The molecule has 2 heterocycles. The number of rotatable bonds is 10. The summed E-state index contributed by atoms with van der Waals surface area (Å²) in [6.07, 6.45) is 4.17. The molecule has 1 fully saturated rings. The normalized spacial score (nSPS) is 15.0. The number of hydrogen-bond acceptors (Lipinski definition) is 7. The van der Waals surface area contributed by atoms with Crippen LogP contribution in [0, 0.1) is 5.92 Å². The second-order valence-electron chi connectivity index (χ2n) is 10.0. The largest absolute Gasteiger partial charge is 0.366 e. The maximum Gasteiger partial charge on any atom is 0.227 e. The Hall–Kier alpha value is -3.49. The molecule has 3 aromatic carbocycles. The van der Waals surface area contributed by atoms with E-state index < -0.39 is 9.84 Å². The van der Waals surface area contributed by atoms with Crippen LogP contribution in [0.4, 0.5) is 5.69 Å². The Morgan fingerprint density at radius 2 is 1.58 bits per heavy atom. The Balaban J connectivity index is 1.12. The van der Waals surface area contributed by atoms with Crippen LogP contribution < -0.4 is 4.90 Å². The van der Waals surface area contributed by atoms with Gasteiger partial charge in [0.1, 0.15) is 0 Å². The molecule has 0 unspecified atom stereocenters. The quantitative estimate of drug-likeness (QED) is 0.282. The van der Waals surface area contributed by atoms with Gasteiger partial charge < -0.3 is 14.3 Å². The van der Waals surface area contributed by atoms with Crippen LogP contribution in [0.1, 0.15) is 24.3 Å². The number of aromatic nitrogens is 2. The van der Waals surface area contributed by atoms with Crippen LogP contribution in [-0.2, 0) is 22.8 Å². The van der Waals surface area contributed by atoms with Crippen molar-refractivity contribution in [3.05, 3.63) is 96.4 Å². The van der Waals surface area contributed by atoms with Crippen LogP contribution in [0.25, 0.3) is 11.4 Å². The van der Waals surface area contributed by atoms with Crippen LogP contribution in [0.3, 0.4) is 0 Å². The number of nitrogens with zero attached hydrogens (tertiary/aromatic N) is 4. The van der Waals surface area contributed by atoms with Crippen LogP contribution in [0.2, 0.25) is 0 Å². The van der Waals surface area contributed by atoms with E-state index in [-0.39, 0.29) is 4.90 Å². The highest BCUT2D eigenvalue weighted by molar-refractivity contribution is 7.90. The van der Waals surface area contributed by atoms with Crippen molar-refractivity contribution in [3.63, 3.8) is 0 Å². The molecule has 38 heavy (non-hydrogen) atoms. The minimum Gasteiger partial charge on any atom is -0.366 e. The third-order valence-electron chi connectivity index (χ3n) is 7.20. The van der Waals surface area contributed by atoms with E-state index in [1.165, 1.54) is 17.5 Å². The first kappa shape index (κ1) is 26.1. The molecule has 0 bridgehead atoms. The lowest BCUT2D eigenvalue weighted by Crippen LogP contribution is -2.40. The molecule has 4 aromatic rings. The van der Waals surface area contributed by atoms with Gasteiger partial charge in [0, 0.05) is 43.6 Å². The van der Waals surface area contributed by atoms with Gasteiger partial charge in [-0.05, 0) is 73.8 Å². The predicted octanol–water partition coefficient (Wildman–Crippen LogP) is 5.10. The fourth-order valence-corrected chi connectivity index (χ4v) is 5.60. The minimum atomic E-state index is -3.23.